The Balaban J connectivity index is 2.04. The molecule has 3 heteroatoms. The highest BCUT2D eigenvalue weighted by molar-refractivity contribution is 5.70. The molecule has 3 nitrogen and oxygen atoms in total. The predicted octanol–water partition coefficient (Wildman–Crippen LogP) is 3.15. The molecule has 0 radical (unpaired) electrons. The molecule has 0 unspecified atom stereocenters. The van der Waals surface area contributed by atoms with Crippen molar-refractivity contribution in [3.63, 3.8) is 0 Å². The monoisotopic (exact) mass is 269 g/mol. The number of nitrogens with two attached hydrogens (primary N) is 1. The molecule has 2 N–H and O–H groups in total. The van der Waals surface area contributed by atoms with Crippen molar-refractivity contribution in [2.45, 2.75) is 19.4 Å². The van der Waals surface area contributed by atoms with E-state index in [-0.39, 0.29) is 0 Å². The summed E-state index contributed by atoms with van der Waals surface area (Å²) in [5.41, 5.74) is 10.6. The molecule has 0 bridgehead atoms. The average Bonchev–Trinajstić information content (AvgIpc) is 2.53. The quantitative estimate of drug-likeness (QED) is 0.931. The van der Waals surface area contributed by atoms with Gasteiger partial charge in [-0.15, -0.1) is 0 Å². The summed E-state index contributed by atoms with van der Waals surface area (Å²) in [6.07, 6.45) is 2.17. The third-order valence-corrected chi connectivity index (χ3v) is 3.75. The molecular formula is C17H19NO2. The summed E-state index contributed by atoms with van der Waals surface area (Å²) < 4.78 is 10.9. The lowest BCUT2D eigenvalue weighted by molar-refractivity contribution is 0.288. The van der Waals surface area contributed by atoms with Gasteiger partial charge in [-0.25, -0.2) is 0 Å². The first-order chi connectivity index (χ1) is 9.81. The molecule has 0 fully saturated rings. The minimum atomic E-state index is 0.500. The summed E-state index contributed by atoms with van der Waals surface area (Å²) in [7, 11) is 1.67. The molecule has 104 valence electrons. The number of benzene rings is 2. The Labute approximate surface area is 119 Å². The van der Waals surface area contributed by atoms with E-state index in [2.05, 4.69) is 24.3 Å². The van der Waals surface area contributed by atoms with Crippen molar-refractivity contribution in [1.82, 2.24) is 0 Å². The van der Waals surface area contributed by atoms with E-state index in [0.717, 1.165) is 36.5 Å². The smallest absolute Gasteiger partial charge is 0.122 e. The lowest BCUT2D eigenvalue weighted by Crippen LogP contribution is -2.08. The molecule has 20 heavy (non-hydrogen) atoms. The lowest BCUT2D eigenvalue weighted by atomic mass is 9.95. The van der Waals surface area contributed by atoms with Crippen molar-refractivity contribution in [3.05, 3.63) is 47.5 Å². The van der Waals surface area contributed by atoms with Crippen molar-refractivity contribution in [1.29, 1.82) is 0 Å². The first-order valence-electron chi connectivity index (χ1n) is 6.95. The molecular weight excluding hydrogens is 250 g/mol. The molecule has 0 spiro atoms. The molecule has 0 saturated carbocycles. The molecule has 1 heterocycles. The Kier molecular flexibility index (Phi) is 3.61. The highest BCUT2D eigenvalue weighted by atomic mass is 16.5. The van der Waals surface area contributed by atoms with Crippen molar-refractivity contribution >= 4 is 0 Å². The van der Waals surface area contributed by atoms with Crippen LogP contribution in [0.3, 0.4) is 0 Å². The molecule has 0 atom stereocenters. The Morgan fingerprint density at radius 2 is 2.10 bits per heavy atom. The molecule has 2 aromatic rings. The van der Waals surface area contributed by atoms with E-state index in [9.17, 15) is 0 Å². The van der Waals surface area contributed by atoms with Gasteiger partial charge in [0.1, 0.15) is 11.5 Å². The summed E-state index contributed by atoms with van der Waals surface area (Å²) in [5, 5.41) is 0. The van der Waals surface area contributed by atoms with Gasteiger partial charge in [-0.2, -0.15) is 0 Å². The second-order valence-corrected chi connectivity index (χ2v) is 5.00. The van der Waals surface area contributed by atoms with Crippen LogP contribution in [0.4, 0.5) is 0 Å². The maximum absolute atomic E-state index is 5.87. The Bertz CT molecular complexity index is 622. The van der Waals surface area contributed by atoms with Crippen LogP contribution in [0.2, 0.25) is 0 Å². The second-order valence-electron chi connectivity index (χ2n) is 5.00. The highest BCUT2D eigenvalue weighted by Gasteiger charge is 2.13. The van der Waals surface area contributed by atoms with E-state index in [4.69, 9.17) is 15.2 Å². The van der Waals surface area contributed by atoms with Crippen LogP contribution in [-0.4, -0.2) is 13.7 Å². The SMILES string of the molecule is COc1ccc(-c2ccc3c(c2)CCCO3)c(CN)c1. The van der Waals surface area contributed by atoms with Crippen LogP contribution in [0.25, 0.3) is 11.1 Å². The van der Waals surface area contributed by atoms with E-state index >= 15 is 0 Å². The fraction of sp³-hybridized carbons (Fsp3) is 0.294. The molecule has 1 aliphatic heterocycles. The summed E-state index contributed by atoms with van der Waals surface area (Å²) in [6, 6.07) is 12.4. The Morgan fingerprint density at radius 1 is 1.20 bits per heavy atom. The van der Waals surface area contributed by atoms with Crippen molar-refractivity contribution in [2.24, 2.45) is 5.73 Å². The van der Waals surface area contributed by atoms with E-state index in [0.29, 0.717) is 6.54 Å². The number of hydrogen-bond donors (Lipinski definition) is 1. The first-order valence-corrected chi connectivity index (χ1v) is 6.95. The van der Waals surface area contributed by atoms with Gasteiger partial charge in [-0.05, 0) is 59.4 Å². The van der Waals surface area contributed by atoms with Crippen LogP contribution >= 0.6 is 0 Å². The fourth-order valence-corrected chi connectivity index (χ4v) is 2.68. The minimum absolute atomic E-state index is 0.500. The largest absolute Gasteiger partial charge is 0.497 e. The van der Waals surface area contributed by atoms with Gasteiger partial charge in [-0.3, -0.25) is 0 Å². The summed E-state index contributed by atoms with van der Waals surface area (Å²) >= 11 is 0. The number of hydrogen-bond acceptors (Lipinski definition) is 3. The van der Waals surface area contributed by atoms with Gasteiger partial charge < -0.3 is 15.2 Å². The molecule has 0 aromatic heterocycles. The van der Waals surface area contributed by atoms with Crippen molar-refractivity contribution < 1.29 is 9.47 Å². The zero-order valence-electron chi connectivity index (χ0n) is 11.7. The maximum atomic E-state index is 5.87. The lowest BCUT2D eigenvalue weighted by Gasteiger charge is -2.18. The average molecular weight is 269 g/mol. The fourth-order valence-electron chi connectivity index (χ4n) is 2.68. The molecule has 0 aliphatic carbocycles. The zero-order chi connectivity index (χ0) is 13.9. The van der Waals surface area contributed by atoms with Gasteiger partial charge in [0, 0.05) is 6.54 Å². The minimum Gasteiger partial charge on any atom is -0.497 e. The molecule has 2 aromatic carbocycles. The van der Waals surface area contributed by atoms with Crippen molar-refractivity contribution in [2.75, 3.05) is 13.7 Å². The third-order valence-electron chi connectivity index (χ3n) is 3.75. The topological polar surface area (TPSA) is 44.5 Å². The maximum Gasteiger partial charge on any atom is 0.122 e. The van der Waals surface area contributed by atoms with Gasteiger partial charge in [0.2, 0.25) is 0 Å². The number of fused-ring (bicyclic) bond motifs is 1. The summed E-state index contributed by atoms with van der Waals surface area (Å²) in [5.74, 6) is 1.86. The van der Waals surface area contributed by atoms with Gasteiger partial charge in [-0.1, -0.05) is 12.1 Å². The summed E-state index contributed by atoms with van der Waals surface area (Å²) in [4.78, 5) is 0. The van der Waals surface area contributed by atoms with Gasteiger partial charge >= 0.3 is 0 Å². The molecule has 1 aliphatic rings. The Morgan fingerprint density at radius 3 is 2.90 bits per heavy atom. The van der Waals surface area contributed by atoms with Crippen LogP contribution in [0.1, 0.15) is 17.5 Å². The van der Waals surface area contributed by atoms with Crippen LogP contribution in [0.5, 0.6) is 11.5 Å². The van der Waals surface area contributed by atoms with E-state index in [1.165, 1.54) is 16.7 Å². The number of methoxy groups -OCH3 is 1. The van der Waals surface area contributed by atoms with Gasteiger partial charge in [0.15, 0.2) is 0 Å². The van der Waals surface area contributed by atoms with E-state index in [1.54, 1.807) is 7.11 Å². The van der Waals surface area contributed by atoms with Gasteiger partial charge in [0.05, 0.1) is 13.7 Å². The molecule has 0 amide bonds. The Hall–Kier alpha value is -2.00. The normalized spacial score (nSPS) is 13.5. The van der Waals surface area contributed by atoms with E-state index in [1.807, 2.05) is 12.1 Å². The highest BCUT2D eigenvalue weighted by Crippen LogP contribution is 2.32. The van der Waals surface area contributed by atoms with Crippen LogP contribution < -0.4 is 15.2 Å². The molecule has 0 saturated heterocycles. The first kappa shape index (κ1) is 13.0. The van der Waals surface area contributed by atoms with Crippen LogP contribution in [-0.2, 0) is 13.0 Å². The van der Waals surface area contributed by atoms with Crippen molar-refractivity contribution in [3.8, 4) is 22.6 Å². The number of rotatable bonds is 3. The van der Waals surface area contributed by atoms with E-state index < -0.39 is 0 Å². The second kappa shape index (κ2) is 5.55. The summed E-state index contributed by atoms with van der Waals surface area (Å²) in [6.45, 7) is 1.32. The standard InChI is InChI=1S/C17H19NO2/c1-19-15-5-6-16(14(10-15)11-18)12-4-7-17-13(9-12)3-2-8-20-17/h4-7,9-10H,2-3,8,11,18H2,1H3. The number of ether oxygens (including phenoxy) is 2. The van der Waals surface area contributed by atoms with Gasteiger partial charge in [0.25, 0.3) is 0 Å². The van der Waals surface area contributed by atoms with Crippen LogP contribution in [0.15, 0.2) is 36.4 Å². The third kappa shape index (κ3) is 2.37. The predicted molar refractivity (Wildman–Crippen MR) is 80.1 cm³/mol. The van der Waals surface area contributed by atoms with Crippen LogP contribution in [0, 0.1) is 0 Å². The number of aryl methyl sites for hydroxylation is 1. The molecule has 3 rings (SSSR count). The zero-order valence-corrected chi connectivity index (χ0v) is 11.7.